The molecule has 2 heterocycles. The molecule has 12 atom stereocenters. The van der Waals surface area contributed by atoms with Crippen molar-refractivity contribution >= 4 is 28.6 Å². The summed E-state index contributed by atoms with van der Waals surface area (Å²) in [5, 5.41) is 37.6. The smallest absolute Gasteiger partial charge is 0.328 e. The first-order valence-corrected chi connectivity index (χ1v) is 18.0. The van der Waals surface area contributed by atoms with E-state index in [9.17, 15) is 33.9 Å². The highest BCUT2D eigenvalue weighted by molar-refractivity contribution is 7.84. The monoisotopic (exact) mass is 679 g/mol. The summed E-state index contributed by atoms with van der Waals surface area (Å²) in [4.78, 5) is 40.3. The zero-order valence-electron chi connectivity index (χ0n) is 28.9. The van der Waals surface area contributed by atoms with Gasteiger partial charge in [0.15, 0.2) is 11.9 Å². The molecule has 2 aliphatic heterocycles. The standard InChI is InChI=1S/C32H57NO12S/c1-10-11-23-19(4)22(34)17-32(39)31(6,38)27(42-8)15-26(45-32)20(5)25(41-7)16-28(35)43-24(12-13-46(9)40)29(36)33-21(14-18(2)3)30(37)44-23/h18-27,34,38-39H,10-17H2,1-9H3,(H,33,36)/t19-,20-,21+,22+,23+,24-,25-,26+,27+,31+,32+,46?/m0/s1. The second-order valence-corrected chi connectivity index (χ2v) is 15.1. The third-order valence-corrected chi connectivity index (χ3v) is 10.2. The Morgan fingerprint density at radius 3 is 2.26 bits per heavy atom. The van der Waals surface area contributed by atoms with Gasteiger partial charge < -0.3 is 44.3 Å². The van der Waals surface area contributed by atoms with Gasteiger partial charge in [-0.2, -0.15) is 0 Å². The second kappa shape index (κ2) is 17.6. The quantitative estimate of drug-likeness (QED) is 0.258. The lowest BCUT2D eigenvalue weighted by molar-refractivity contribution is -0.377. The minimum Gasteiger partial charge on any atom is -0.460 e. The van der Waals surface area contributed by atoms with E-state index in [0.717, 1.165) is 0 Å². The summed E-state index contributed by atoms with van der Waals surface area (Å²) in [5.41, 5.74) is -1.95. The summed E-state index contributed by atoms with van der Waals surface area (Å²) >= 11 is 0. The largest absolute Gasteiger partial charge is 0.460 e. The van der Waals surface area contributed by atoms with E-state index in [4.69, 9.17) is 23.7 Å². The molecule has 268 valence electrons. The normalized spacial score (nSPS) is 39.5. The molecule has 2 aliphatic rings. The van der Waals surface area contributed by atoms with Gasteiger partial charge in [0.1, 0.15) is 17.7 Å². The number of amides is 1. The summed E-state index contributed by atoms with van der Waals surface area (Å²) in [6.07, 6.45) is -3.91. The first-order chi connectivity index (χ1) is 21.4. The van der Waals surface area contributed by atoms with E-state index in [1.807, 2.05) is 20.8 Å². The molecule has 2 bridgehead atoms. The molecule has 14 heteroatoms. The minimum atomic E-state index is -2.29. The van der Waals surface area contributed by atoms with Crippen LogP contribution in [-0.4, -0.2) is 118 Å². The van der Waals surface area contributed by atoms with Crippen LogP contribution in [0.15, 0.2) is 0 Å². The van der Waals surface area contributed by atoms with E-state index in [2.05, 4.69) is 5.32 Å². The molecule has 46 heavy (non-hydrogen) atoms. The van der Waals surface area contributed by atoms with Crippen molar-refractivity contribution in [1.82, 2.24) is 5.32 Å². The van der Waals surface area contributed by atoms with Crippen LogP contribution in [0, 0.1) is 17.8 Å². The number of aliphatic hydroxyl groups is 3. The predicted molar refractivity (Wildman–Crippen MR) is 170 cm³/mol. The van der Waals surface area contributed by atoms with Crippen molar-refractivity contribution in [3.8, 4) is 0 Å². The van der Waals surface area contributed by atoms with E-state index in [0.29, 0.717) is 12.8 Å². The SMILES string of the molecule is CCC[C@H]1OC(=O)[C@@H](CC(C)C)NC(=O)[C@H](CCS(C)=O)OC(=O)C[C@H](OC)[C@H](C)[C@H]2C[C@@H](OC)[C@@](C)(O)[C@@](O)(C[C@@H](O)[C@@H]1C)O2. The summed E-state index contributed by atoms with van der Waals surface area (Å²) in [7, 11) is 1.52. The van der Waals surface area contributed by atoms with Crippen molar-refractivity contribution in [3.05, 3.63) is 0 Å². The number of methoxy groups -OCH3 is 2. The van der Waals surface area contributed by atoms with Crippen molar-refractivity contribution < 1.29 is 57.6 Å². The van der Waals surface area contributed by atoms with Crippen molar-refractivity contribution in [2.75, 3.05) is 26.2 Å². The van der Waals surface area contributed by atoms with E-state index >= 15 is 0 Å². The van der Waals surface area contributed by atoms with E-state index in [-0.39, 0.29) is 37.4 Å². The minimum absolute atomic E-state index is 0.0296. The van der Waals surface area contributed by atoms with Crippen molar-refractivity contribution in [2.45, 2.75) is 141 Å². The zero-order valence-corrected chi connectivity index (χ0v) is 29.7. The van der Waals surface area contributed by atoms with Crippen molar-refractivity contribution in [2.24, 2.45) is 17.8 Å². The third kappa shape index (κ3) is 10.4. The maximum absolute atomic E-state index is 13.6. The van der Waals surface area contributed by atoms with Crippen LogP contribution in [0.2, 0.25) is 0 Å². The first kappa shape index (κ1) is 40.5. The molecule has 0 radical (unpaired) electrons. The molecular weight excluding hydrogens is 622 g/mol. The van der Waals surface area contributed by atoms with Crippen LogP contribution in [0.5, 0.6) is 0 Å². The number of carbonyl (C=O) groups is 3. The molecule has 0 aliphatic carbocycles. The van der Waals surface area contributed by atoms with Crippen LogP contribution in [-0.2, 0) is 48.9 Å². The molecule has 2 rings (SSSR count). The molecule has 0 spiro atoms. The Hall–Kier alpha value is -1.68. The highest BCUT2D eigenvalue weighted by Crippen LogP contribution is 2.44. The highest BCUT2D eigenvalue weighted by Gasteiger charge is 2.59. The van der Waals surface area contributed by atoms with Crippen LogP contribution in [0.25, 0.3) is 0 Å². The topological polar surface area (TPSA) is 187 Å². The summed E-state index contributed by atoms with van der Waals surface area (Å²) in [6.45, 7) is 10.5. The highest BCUT2D eigenvalue weighted by atomic mass is 32.2. The molecule has 0 aromatic rings. The number of ether oxygens (including phenoxy) is 5. The van der Waals surface area contributed by atoms with Gasteiger partial charge in [-0.05, 0) is 25.7 Å². The number of cyclic esters (lactones) is 2. The number of rotatable bonds is 9. The number of aliphatic hydroxyl groups excluding tert-OH is 1. The fraction of sp³-hybridized carbons (Fsp3) is 0.906. The molecule has 0 aromatic heterocycles. The van der Waals surface area contributed by atoms with E-state index in [1.165, 1.54) is 27.4 Å². The predicted octanol–water partition coefficient (Wildman–Crippen LogP) is 1.60. The fourth-order valence-electron chi connectivity index (χ4n) is 6.24. The number of fused-ring (bicyclic) bond motifs is 2. The summed E-state index contributed by atoms with van der Waals surface area (Å²) in [5.74, 6) is -5.70. The number of esters is 2. The van der Waals surface area contributed by atoms with Gasteiger partial charge in [0, 0.05) is 68.1 Å². The summed E-state index contributed by atoms with van der Waals surface area (Å²) in [6, 6.07) is -1.09. The van der Waals surface area contributed by atoms with Crippen molar-refractivity contribution in [3.63, 3.8) is 0 Å². The average Bonchev–Trinajstić information content (AvgIpc) is 2.96. The van der Waals surface area contributed by atoms with Gasteiger partial charge in [0.2, 0.25) is 0 Å². The van der Waals surface area contributed by atoms with Crippen LogP contribution >= 0.6 is 0 Å². The van der Waals surface area contributed by atoms with Gasteiger partial charge in [-0.15, -0.1) is 0 Å². The number of hydrogen-bond acceptors (Lipinski definition) is 12. The Bertz CT molecular complexity index is 1040. The molecule has 2 saturated heterocycles. The Morgan fingerprint density at radius 2 is 1.72 bits per heavy atom. The Labute approximate surface area is 275 Å². The lowest BCUT2D eigenvalue weighted by atomic mass is 9.75. The van der Waals surface area contributed by atoms with Crippen LogP contribution in [0.3, 0.4) is 0 Å². The molecule has 0 aromatic carbocycles. The van der Waals surface area contributed by atoms with Gasteiger partial charge in [-0.1, -0.05) is 41.0 Å². The first-order valence-electron chi connectivity index (χ1n) is 16.3. The molecule has 13 nitrogen and oxygen atoms in total. The van der Waals surface area contributed by atoms with E-state index < -0.39 is 101 Å². The molecular formula is C32H57NO12S. The van der Waals surface area contributed by atoms with Crippen LogP contribution in [0.4, 0.5) is 0 Å². The van der Waals surface area contributed by atoms with Crippen LogP contribution < -0.4 is 5.32 Å². The number of hydrogen-bond donors (Lipinski definition) is 4. The third-order valence-electron chi connectivity index (χ3n) is 9.40. The van der Waals surface area contributed by atoms with Gasteiger partial charge in [-0.25, -0.2) is 4.79 Å². The molecule has 4 N–H and O–H groups in total. The maximum atomic E-state index is 13.6. The average molecular weight is 680 g/mol. The maximum Gasteiger partial charge on any atom is 0.328 e. The Kier molecular flexibility index (Phi) is 15.5. The molecule has 0 saturated carbocycles. The van der Waals surface area contributed by atoms with Crippen LogP contribution in [0.1, 0.15) is 86.5 Å². The Morgan fingerprint density at radius 1 is 1.07 bits per heavy atom. The van der Waals surface area contributed by atoms with Gasteiger partial charge in [-0.3, -0.25) is 13.8 Å². The van der Waals surface area contributed by atoms with E-state index in [1.54, 1.807) is 13.8 Å². The number of carbonyl (C=O) groups excluding carboxylic acids is 3. The zero-order chi connectivity index (χ0) is 35.0. The lowest BCUT2D eigenvalue weighted by Gasteiger charge is -2.53. The van der Waals surface area contributed by atoms with Gasteiger partial charge in [0.25, 0.3) is 5.91 Å². The van der Waals surface area contributed by atoms with Crippen molar-refractivity contribution in [1.29, 1.82) is 0 Å². The van der Waals surface area contributed by atoms with Gasteiger partial charge >= 0.3 is 11.9 Å². The molecule has 1 unspecified atom stereocenters. The molecule has 2 fully saturated rings. The second-order valence-electron chi connectivity index (χ2n) is 13.5. The number of nitrogens with one attached hydrogen (secondary N) is 1. The Balaban J connectivity index is 2.62. The lowest BCUT2D eigenvalue weighted by Crippen LogP contribution is -2.68. The fourth-order valence-corrected chi connectivity index (χ4v) is 6.78. The molecule has 1 amide bonds. The summed E-state index contributed by atoms with van der Waals surface area (Å²) < 4.78 is 40.9. The van der Waals surface area contributed by atoms with Gasteiger partial charge in [0.05, 0.1) is 30.8 Å².